The van der Waals surface area contributed by atoms with Crippen molar-refractivity contribution in [3.05, 3.63) is 28.9 Å². The Morgan fingerprint density at radius 2 is 1.92 bits per heavy atom. The second-order valence-corrected chi connectivity index (χ2v) is 3.70. The van der Waals surface area contributed by atoms with Crippen LogP contribution in [0.25, 0.3) is 10.8 Å². The van der Waals surface area contributed by atoms with Crippen LogP contribution < -0.4 is 11.5 Å². The van der Waals surface area contributed by atoms with Gasteiger partial charge in [0, 0.05) is 15.2 Å². The van der Waals surface area contributed by atoms with Crippen LogP contribution in [0, 0.1) is 0 Å². The van der Waals surface area contributed by atoms with E-state index in [2.05, 4.69) is 20.9 Å². The number of pyridine rings is 1. The van der Waals surface area contributed by atoms with Crippen LogP contribution in [0.3, 0.4) is 0 Å². The van der Waals surface area contributed by atoms with E-state index in [1.165, 1.54) is 0 Å². The Kier molecular flexibility index (Phi) is 1.84. The highest BCUT2D eigenvalue weighted by atomic mass is 79.9. The summed E-state index contributed by atoms with van der Waals surface area (Å²) in [6, 6.07) is 5.75. The monoisotopic (exact) mass is 237 g/mol. The molecule has 0 saturated carbocycles. The average Bonchev–Trinajstić information content (AvgIpc) is 2.12. The zero-order valence-corrected chi connectivity index (χ0v) is 8.38. The Morgan fingerprint density at radius 3 is 2.69 bits per heavy atom. The lowest BCUT2D eigenvalue weighted by molar-refractivity contribution is 1.37. The number of nitrogens with zero attached hydrogens (tertiary/aromatic N) is 1. The maximum Gasteiger partial charge on any atom is 0.131 e. The van der Waals surface area contributed by atoms with Crippen molar-refractivity contribution in [1.82, 2.24) is 4.98 Å². The third-order valence-corrected chi connectivity index (χ3v) is 2.40. The number of aromatic nitrogens is 1. The van der Waals surface area contributed by atoms with E-state index in [1.807, 2.05) is 18.2 Å². The topological polar surface area (TPSA) is 64.9 Å². The van der Waals surface area contributed by atoms with Crippen molar-refractivity contribution < 1.29 is 0 Å². The first kappa shape index (κ1) is 8.31. The van der Waals surface area contributed by atoms with Crippen LogP contribution in [-0.4, -0.2) is 4.98 Å². The molecule has 2 rings (SSSR count). The summed E-state index contributed by atoms with van der Waals surface area (Å²) in [4.78, 5) is 3.97. The highest BCUT2D eigenvalue weighted by Crippen LogP contribution is 2.27. The summed E-state index contributed by atoms with van der Waals surface area (Å²) in [6.07, 6.45) is 1.57. The zero-order chi connectivity index (χ0) is 9.42. The van der Waals surface area contributed by atoms with E-state index in [0.29, 0.717) is 11.5 Å². The van der Waals surface area contributed by atoms with E-state index < -0.39 is 0 Å². The molecule has 2 aromatic rings. The number of nitrogen functional groups attached to an aromatic ring is 2. The molecule has 0 bridgehead atoms. The summed E-state index contributed by atoms with van der Waals surface area (Å²) in [7, 11) is 0. The predicted octanol–water partition coefficient (Wildman–Crippen LogP) is 2.16. The fourth-order valence-corrected chi connectivity index (χ4v) is 1.62. The Hall–Kier alpha value is -1.29. The van der Waals surface area contributed by atoms with Gasteiger partial charge in [-0.3, -0.25) is 0 Å². The molecule has 0 aliphatic heterocycles. The zero-order valence-electron chi connectivity index (χ0n) is 6.79. The molecular weight excluding hydrogens is 230 g/mol. The Labute approximate surface area is 83.9 Å². The number of hydrogen-bond acceptors (Lipinski definition) is 3. The van der Waals surface area contributed by atoms with Gasteiger partial charge in [-0.2, -0.15) is 0 Å². The molecule has 0 fully saturated rings. The van der Waals surface area contributed by atoms with Gasteiger partial charge in [0.2, 0.25) is 0 Å². The number of rotatable bonds is 0. The molecule has 0 aliphatic carbocycles. The minimum Gasteiger partial charge on any atom is -0.397 e. The highest BCUT2D eigenvalue weighted by molar-refractivity contribution is 9.10. The van der Waals surface area contributed by atoms with Crippen molar-refractivity contribution >= 4 is 38.2 Å². The van der Waals surface area contributed by atoms with Gasteiger partial charge in [-0.25, -0.2) is 4.98 Å². The van der Waals surface area contributed by atoms with Crippen LogP contribution in [-0.2, 0) is 0 Å². The van der Waals surface area contributed by atoms with E-state index in [4.69, 9.17) is 11.5 Å². The molecule has 0 atom stereocenters. The standard InChI is InChI=1S/C9H8BrN3/c10-5-1-2-6-7(3-5)8(11)4-13-9(6)12/h1-4H,11H2,(H2,12,13). The molecule has 4 N–H and O–H groups in total. The van der Waals surface area contributed by atoms with Crippen LogP contribution in [0.15, 0.2) is 28.9 Å². The summed E-state index contributed by atoms with van der Waals surface area (Å²) < 4.78 is 0.984. The smallest absolute Gasteiger partial charge is 0.131 e. The second kappa shape index (κ2) is 2.88. The average molecular weight is 238 g/mol. The SMILES string of the molecule is Nc1cnc(N)c2ccc(Br)cc12. The fourth-order valence-electron chi connectivity index (χ4n) is 1.26. The molecule has 3 nitrogen and oxygen atoms in total. The molecule has 1 aromatic carbocycles. The van der Waals surface area contributed by atoms with Crippen molar-refractivity contribution in [3.8, 4) is 0 Å². The summed E-state index contributed by atoms with van der Waals surface area (Å²) in [5, 5.41) is 1.82. The van der Waals surface area contributed by atoms with Crippen molar-refractivity contribution in [2.75, 3.05) is 11.5 Å². The number of nitrogens with two attached hydrogens (primary N) is 2. The van der Waals surface area contributed by atoms with Gasteiger partial charge in [0.25, 0.3) is 0 Å². The maximum atomic E-state index is 5.76. The number of hydrogen-bond donors (Lipinski definition) is 2. The summed E-state index contributed by atoms with van der Waals surface area (Å²) in [6.45, 7) is 0. The number of benzene rings is 1. The summed E-state index contributed by atoms with van der Waals surface area (Å²) in [5.74, 6) is 0.511. The Bertz CT molecular complexity index is 468. The third kappa shape index (κ3) is 1.33. The van der Waals surface area contributed by atoms with Gasteiger partial charge in [0.05, 0.1) is 11.9 Å². The molecule has 1 heterocycles. The van der Waals surface area contributed by atoms with Gasteiger partial charge in [-0.15, -0.1) is 0 Å². The molecule has 0 radical (unpaired) electrons. The molecule has 13 heavy (non-hydrogen) atoms. The fraction of sp³-hybridized carbons (Fsp3) is 0. The molecule has 0 amide bonds. The molecule has 66 valence electrons. The Morgan fingerprint density at radius 1 is 1.15 bits per heavy atom. The van der Waals surface area contributed by atoms with Gasteiger partial charge in [-0.1, -0.05) is 15.9 Å². The van der Waals surface area contributed by atoms with E-state index in [-0.39, 0.29) is 0 Å². The summed E-state index contributed by atoms with van der Waals surface area (Å²) in [5.41, 5.74) is 12.1. The van der Waals surface area contributed by atoms with E-state index in [1.54, 1.807) is 6.20 Å². The second-order valence-electron chi connectivity index (χ2n) is 2.79. The first-order chi connectivity index (χ1) is 6.18. The van der Waals surface area contributed by atoms with Gasteiger partial charge in [0.15, 0.2) is 0 Å². The van der Waals surface area contributed by atoms with Crippen molar-refractivity contribution in [2.45, 2.75) is 0 Å². The summed E-state index contributed by atoms with van der Waals surface area (Å²) >= 11 is 3.37. The molecule has 4 heteroatoms. The number of anilines is 2. The lowest BCUT2D eigenvalue weighted by atomic mass is 10.1. The quantitative estimate of drug-likeness (QED) is 0.739. The minimum atomic E-state index is 0.511. The lowest BCUT2D eigenvalue weighted by Crippen LogP contribution is -1.95. The van der Waals surface area contributed by atoms with Crippen LogP contribution in [0.1, 0.15) is 0 Å². The van der Waals surface area contributed by atoms with Crippen LogP contribution in [0.4, 0.5) is 11.5 Å². The lowest BCUT2D eigenvalue weighted by Gasteiger charge is -2.04. The minimum absolute atomic E-state index is 0.511. The van der Waals surface area contributed by atoms with Crippen molar-refractivity contribution in [2.24, 2.45) is 0 Å². The molecular formula is C9H8BrN3. The number of halogens is 1. The van der Waals surface area contributed by atoms with Gasteiger partial charge >= 0.3 is 0 Å². The largest absolute Gasteiger partial charge is 0.397 e. The third-order valence-electron chi connectivity index (χ3n) is 1.91. The van der Waals surface area contributed by atoms with E-state index in [9.17, 15) is 0 Å². The molecule has 0 unspecified atom stereocenters. The highest BCUT2D eigenvalue weighted by Gasteiger charge is 2.02. The first-order valence-electron chi connectivity index (χ1n) is 3.77. The van der Waals surface area contributed by atoms with Crippen LogP contribution >= 0.6 is 15.9 Å². The molecule has 1 aromatic heterocycles. The molecule has 0 spiro atoms. The van der Waals surface area contributed by atoms with E-state index in [0.717, 1.165) is 15.2 Å². The maximum absolute atomic E-state index is 5.76. The van der Waals surface area contributed by atoms with E-state index >= 15 is 0 Å². The van der Waals surface area contributed by atoms with Crippen LogP contribution in [0.5, 0.6) is 0 Å². The van der Waals surface area contributed by atoms with Gasteiger partial charge in [-0.05, 0) is 18.2 Å². The first-order valence-corrected chi connectivity index (χ1v) is 4.57. The van der Waals surface area contributed by atoms with Crippen molar-refractivity contribution in [1.29, 1.82) is 0 Å². The Balaban J connectivity index is 2.92. The van der Waals surface area contributed by atoms with Gasteiger partial charge in [0.1, 0.15) is 5.82 Å². The normalized spacial score (nSPS) is 10.5. The predicted molar refractivity (Wildman–Crippen MR) is 58.3 cm³/mol. The van der Waals surface area contributed by atoms with Crippen molar-refractivity contribution in [3.63, 3.8) is 0 Å². The molecule has 0 aliphatic rings. The molecule has 0 saturated heterocycles. The van der Waals surface area contributed by atoms with Gasteiger partial charge < -0.3 is 11.5 Å². The number of fused-ring (bicyclic) bond motifs is 1. The van der Waals surface area contributed by atoms with Crippen LogP contribution in [0.2, 0.25) is 0 Å².